The summed E-state index contributed by atoms with van der Waals surface area (Å²) in [5.74, 6) is 0. The number of hydrogen-bond acceptors (Lipinski definition) is 3. The molecule has 0 heterocycles. The lowest BCUT2D eigenvalue weighted by Crippen LogP contribution is -2.59. The first kappa shape index (κ1) is 25.5. The van der Waals surface area contributed by atoms with E-state index in [1.807, 2.05) is 12.2 Å². The minimum atomic E-state index is -2.14. The fraction of sp³-hybridized carbons (Fsp3) is 0.762. The summed E-state index contributed by atoms with van der Waals surface area (Å²) >= 11 is 0. The molecule has 0 fully saturated rings. The van der Waals surface area contributed by atoms with Gasteiger partial charge >= 0.3 is 0 Å². The van der Waals surface area contributed by atoms with Crippen LogP contribution in [0.4, 0.5) is 0 Å². The molecule has 0 aliphatic heterocycles. The van der Waals surface area contributed by atoms with Gasteiger partial charge in [0, 0.05) is 0 Å². The number of rotatable bonds is 10. The van der Waals surface area contributed by atoms with Crippen LogP contribution in [0.5, 0.6) is 0 Å². The maximum absolute atomic E-state index is 12.2. The normalized spacial score (nSPS) is 15.5. The second kappa shape index (κ2) is 8.67. The molecule has 5 heteroatoms. The molecule has 0 rings (SSSR count). The standard InChI is InChI=1S/C21H42O3Si2/c1-13-15-21(16-14-2,24-26(11,12)20(6,7)8)18(17-22)23-25(9,10)19(3,4)5/h13-14,17-18H,1-2,15-16H2,3-12H3/t18-/m1/s1. The zero-order chi connectivity index (χ0) is 21.0. The Morgan fingerprint density at radius 2 is 1.23 bits per heavy atom. The average molecular weight is 399 g/mol. The molecule has 0 amide bonds. The zero-order valence-corrected chi connectivity index (χ0v) is 20.9. The fourth-order valence-electron chi connectivity index (χ4n) is 2.36. The molecule has 0 aromatic rings. The zero-order valence-electron chi connectivity index (χ0n) is 18.9. The van der Waals surface area contributed by atoms with Crippen LogP contribution in [0.2, 0.25) is 36.3 Å². The van der Waals surface area contributed by atoms with Crippen molar-refractivity contribution in [2.75, 3.05) is 0 Å². The van der Waals surface area contributed by atoms with E-state index in [1.54, 1.807) is 0 Å². The van der Waals surface area contributed by atoms with E-state index in [0.717, 1.165) is 6.29 Å². The highest BCUT2D eigenvalue weighted by atomic mass is 28.4. The summed E-state index contributed by atoms with van der Waals surface area (Å²) in [6, 6.07) is 0. The van der Waals surface area contributed by atoms with E-state index in [4.69, 9.17) is 8.85 Å². The molecule has 152 valence electrons. The molecule has 0 bridgehead atoms. The van der Waals surface area contributed by atoms with Crippen LogP contribution in [0, 0.1) is 0 Å². The smallest absolute Gasteiger partial charge is 0.193 e. The first-order valence-corrected chi connectivity index (χ1v) is 15.4. The van der Waals surface area contributed by atoms with Gasteiger partial charge in [0.2, 0.25) is 0 Å². The lowest BCUT2D eigenvalue weighted by Gasteiger charge is -2.49. The Morgan fingerprint density at radius 1 is 0.846 bits per heavy atom. The maximum Gasteiger partial charge on any atom is 0.193 e. The molecule has 0 aliphatic carbocycles. The Morgan fingerprint density at radius 3 is 1.50 bits per heavy atom. The SMILES string of the molecule is C=CCC(CC=C)(O[Si](C)(C)C(C)(C)C)[C@@H](C=O)O[Si](C)(C)C(C)(C)C. The molecule has 0 aromatic carbocycles. The molecule has 0 radical (unpaired) electrons. The average Bonchev–Trinajstić information content (AvgIpc) is 2.42. The largest absolute Gasteiger partial charge is 0.408 e. The van der Waals surface area contributed by atoms with Crippen LogP contribution in [-0.4, -0.2) is 34.6 Å². The Hall–Kier alpha value is -0.496. The molecule has 0 N–H and O–H groups in total. The number of hydrogen-bond donors (Lipinski definition) is 0. The van der Waals surface area contributed by atoms with Gasteiger partial charge in [-0.05, 0) is 49.1 Å². The summed E-state index contributed by atoms with van der Waals surface area (Å²) in [5.41, 5.74) is -0.746. The van der Waals surface area contributed by atoms with Crippen LogP contribution >= 0.6 is 0 Å². The summed E-state index contributed by atoms with van der Waals surface area (Å²) in [7, 11) is -4.28. The van der Waals surface area contributed by atoms with Crippen LogP contribution in [0.15, 0.2) is 25.3 Å². The summed E-state index contributed by atoms with van der Waals surface area (Å²) in [6.07, 6.45) is 5.09. The van der Waals surface area contributed by atoms with E-state index < -0.39 is 28.3 Å². The molecule has 0 aromatic heterocycles. The van der Waals surface area contributed by atoms with Crippen molar-refractivity contribution in [3.8, 4) is 0 Å². The summed E-state index contributed by atoms with van der Waals surface area (Å²) < 4.78 is 13.4. The minimum absolute atomic E-state index is 0.0132. The van der Waals surface area contributed by atoms with Crippen molar-refractivity contribution < 1.29 is 13.6 Å². The first-order valence-electron chi connectivity index (χ1n) is 9.55. The molecule has 0 aliphatic rings. The van der Waals surface area contributed by atoms with E-state index in [9.17, 15) is 4.79 Å². The molecular weight excluding hydrogens is 356 g/mol. The molecule has 0 spiro atoms. The Kier molecular flexibility index (Phi) is 8.51. The summed E-state index contributed by atoms with van der Waals surface area (Å²) in [4.78, 5) is 12.2. The van der Waals surface area contributed by atoms with Crippen molar-refractivity contribution in [1.29, 1.82) is 0 Å². The van der Waals surface area contributed by atoms with Gasteiger partial charge in [-0.2, -0.15) is 0 Å². The summed E-state index contributed by atoms with van der Waals surface area (Å²) in [5, 5.41) is 0.0460. The third-order valence-corrected chi connectivity index (χ3v) is 15.1. The van der Waals surface area contributed by atoms with Gasteiger partial charge < -0.3 is 13.6 Å². The van der Waals surface area contributed by atoms with Crippen LogP contribution in [0.25, 0.3) is 0 Å². The number of aldehydes is 1. The van der Waals surface area contributed by atoms with E-state index in [0.29, 0.717) is 12.8 Å². The quantitative estimate of drug-likeness (QED) is 0.240. The van der Waals surface area contributed by atoms with Crippen molar-refractivity contribution in [2.45, 2.75) is 102 Å². The van der Waals surface area contributed by atoms with E-state index in [-0.39, 0.29) is 10.1 Å². The summed E-state index contributed by atoms with van der Waals surface area (Å²) in [6.45, 7) is 29.8. The third kappa shape index (κ3) is 6.01. The molecule has 3 nitrogen and oxygen atoms in total. The second-order valence-corrected chi connectivity index (χ2v) is 19.8. The van der Waals surface area contributed by atoms with Crippen molar-refractivity contribution in [3.05, 3.63) is 25.3 Å². The monoisotopic (exact) mass is 398 g/mol. The van der Waals surface area contributed by atoms with Gasteiger partial charge in [0.25, 0.3) is 0 Å². The lowest BCUT2D eigenvalue weighted by atomic mass is 9.90. The topological polar surface area (TPSA) is 35.5 Å². The van der Waals surface area contributed by atoms with Gasteiger partial charge in [0.05, 0.1) is 5.60 Å². The van der Waals surface area contributed by atoms with Crippen molar-refractivity contribution in [1.82, 2.24) is 0 Å². The third-order valence-electron chi connectivity index (χ3n) is 6.11. The highest BCUT2D eigenvalue weighted by Gasteiger charge is 2.50. The van der Waals surface area contributed by atoms with Crippen LogP contribution in [0.1, 0.15) is 54.4 Å². The fourth-order valence-corrected chi connectivity index (χ4v) is 5.22. The Labute approximate surface area is 164 Å². The molecule has 0 saturated heterocycles. The van der Waals surface area contributed by atoms with Crippen LogP contribution < -0.4 is 0 Å². The van der Waals surface area contributed by atoms with E-state index in [2.05, 4.69) is 80.9 Å². The lowest BCUT2D eigenvalue weighted by molar-refractivity contribution is -0.126. The van der Waals surface area contributed by atoms with Crippen LogP contribution in [-0.2, 0) is 13.6 Å². The Balaban J connectivity index is 6.15. The van der Waals surface area contributed by atoms with Gasteiger partial charge in [0.15, 0.2) is 16.6 Å². The molecule has 26 heavy (non-hydrogen) atoms. The predicted molar refractivity (Wildman–Crippen MR) is 119 cm³/mol. The van der Waals surface area contributed by atoms with Gasteiger partial charge in [0.1, 0.15) is 12.4 Å². The highest BCUT2D eigenvalue weighted by molar-refractivity contribution is 6.74. The van der Waals surface area contributed by atoms with Crippen molar-refractivity contribution >= 4 is 22.9 Å². The molecule has 0 saturated carbocycles. The predicted octanol–water partition coefficient (Wildman–Crippen LogP) is 6.49. The van der Waals surface area contributed by atoms with E-state index in [1.165, 1.54) is 0 Å². The van der Waals surface area contributed by atoms with Crippen molar-refractivity contribution in [3.63, 3.8) is 0 Å². The number of carbonyl (C=O) groups is 1. The van der Waals surface area contributed by atoms with Crippen LogP contribution in [0.3, 0.4) is 0 Å². The van der Waals surface area contributed by atoms with Gasteiger partial charge in [-0.3, -0.25) is 0 Å². The maximum atomic E-state index is 12.2. The van der Waals surface area contributed by atoms with Gasteiger partial charge in [-0.1, -0.05) is 53.7 Å². The Bertz CT molecular complexity index is 486. The molecule has 1 atom stereocenters. The van der Waals surface area contributed by atoms with E-state index >= 15 is 0 Å². The molecule has 0 unspecified atom stereocenters. The minimum Gasteiger partial charge on any atom is -0.408 e. The molecular formula is C21H42O3Si2. The highest BCUT2D eigenvalue weighted by Crippen LogP contribution is 2.44. The number of carbonyl (C=O) groups excluding carboxylic acids is 1. The van der Waals surface area contributed by atoms with Gasteiger partial charge in [-0.15, -0.1) is 13.2 Å². The van der Waals surface area contributed by atoms with Gasteiger partial charge in [-0.25, -0.2) is 0 Å². The van der Waals surface area contributed by atoms with Crippen molar-refractivity contribution in [2.24, 2.45) is 0 Å². The second-order valence-electron chi connectivity index (χ2n) is 10.3. The first-order chi connectivity index (χ1) is 11.5.